The molecular weight excluding hydrogens is 133 g/mol. The second kappa shape index (κ2) is 2.92. The van der Waals surface area contributed by atoms with Crippen molar-refractivity contribution < 1.29 is 14.6 Å². The first-order valence-electron chi connectivity index (χ1n) is 3.17. The van der Waals surface area contributed by atoms with Gasteiger partial charge >= 0.3 is 57.9 Å². The van der Waals surface area contributed by atoms with Gasteiger partial charge in [-0.25, -0.2) is 0 Å². The minimum atomic E-state index is -0.936. The zero-order chi connectivity index (χ0) is 7.56. The number of carboxylic acids is 1. The first-order chi connectivity index (χ1) is 4.75. The van der Waals surface area contributed by atoms with E-state index in [9.17, 15) is 9.50 Å². The van der Waals surface area contributed by atoms with Gasteiger partial charge in [-0.15, -0.1) is 0 Å². The van der Waals surface area contributed by atoms with Crippen molar-refractivity contribution in [2.75, 3.05) is 6.54 Å². The molecule has 1 aliphatic rings. The van der Waals surface area contributed by atoms with Gasteiger partial charge in [-0.2, -0.15) is 0 Å². The number of carbonyl (C=O) groups is 1. The first kappa shape index (κ1) is 7.40. The molecule has 0 aromatic rings. The van der Waals surface area contributed by atoms with Crippen molar-refractivity contribution in [1.82, 2.24) is 5.32 Å². The molecular formula is C5H8BNO3. The van der Waals surface area contributed by atoms with Crippen LogP contribution in [0, 0.1) is 0 Å². The molecule has 0 aromatic carbocycles. The SMILES string of the molecule is O=BC1CCN[C@@H]1C(=O)O. The van der Waals surface area contributed by atoms with Crippen molar-refractivity contribution in [1.29, 1.82) is 0 Å². The van der Waals surface area contributed by atoms with Crippen LogP contribution in [-0.4, -0.2) is 30.8 Å². The maximum absolute atomic E-state index is 10.3. The fourth-order valence-corrected chi connectivity index (χ4v) is 1.14. The summed E-state index contributed by atoms with van der Waals surface area (Å²) in [6.07, 6.45) is 0.639. The molecule has 0 bridgehead atoms. The number of carboxylic acid groups (broad SMARTS) is 1. The number of rotatable bonds is 2. The van der Waals surface area contributed by atoms with E-state index in [1.807, 2.05) is 0 Å². The molecule has 0 aromatic heterocycles. The van der Waals surface area contributed by atoms with Crippen LogP contribution in [0.15, 0.2) is 0 Å². The molecule has 1 rings (SSSR count). The molecule has 0 radical (unpaired) electrons. The summed E-state index contributed by atoms with van der Waals surface area (Å²) in [7, 11) is 0.707. The third-order valence-electron chi connectivity index (χ3n) is 1.71. The van der Waals surface area contributed by atoms with E-state index in [0.29, 0.717) is 20.1 Å². The summed E-state index contributed by atoms with van der Waals surface area (Å²) in [5.74, 6) is -1.27. The molecule has 1 fully saturated rings. The van der Waals surface area contributed by atoms with Gasteiger partial charge in [0.25, 0.3) is 0 Å². The van der Waals surface area contributed by atoms with Gasteiger partial charge in [0, 0.05) is 0 Å². The van der Waals surface area contributed by atoms with Crippen LogP contribution in [0.4, 0.5) is 0 Å². The fraction of sp³-hybridized carbons (Fsp3) is 0.800. The Morgan fingerprint density at radius 1 is 1.70 bits per heavy atom. The molecule has 54 valence electrons. The molecule has 2 N–H and O–H groups in total. The molecule has 0 saturated carbocycles. The van der Waals surface area contributed by atoms with Gasteiger partial charge in [0.05, 0.1) is 0 Å². The van der Waals surface area contributed by atoms with Crippen molar-refractivity contribution >= 4 is 13.1 Å². The van der Waals surface area contributed by atoms with Gasteiger partial charge in [-0.1, -0.05) is 0 Å². The molecule has 5 heteroatoms. The van der Waals surface area contributed by atoms with Gasteiger partial charge < -0.3 is 0 Å². The number of hydrogen-bond donors (Lipinski definition) is 2. The van der Waals surface area contributed by atoms with E-state index >= 15 is 0 Å². The van der Waals surface area contributed by atoms with Crippen molar-refractivity contribution in [2.24, 2.45) is 0 Å². The van der Waals surface area contributed by atoms with Crippen LogP contribution in [-0.2, 0) is 9.50 Å². The van der Waals surface area contributed by atoms with Crippen LogP contribution in [0.5, 0.6) is 0 Å². The summed E-state index contributed by atoms with van der Waals surface area (Å²) in [6, 6.07) is -0.655. The standard InChI is InChI=1S/C5H8BNO3/c8-5(9)4-3(6-10)1-2-7-4/h3-4,7H,1-2H2,(H,8,9)/t3?,4-/m0/s1. The van der Waals surface area contributed by atoms with Gasteiger partial charge in [0.2, 0.25) is 0 Å². The average Bonchev–Trinajstić information content (AvgIpc) is 2.33. The van der Waals surface area contributed by atoms with Crippen LogP contribution in [0.3, 0.4) is 0 Å². The van der Waals surface area contributed by atoms with E-state index < -0.39 is 12.0 Å². The van der Waals surface area contributed by atoms with E-state index in [1.165, 1.54) is 0 Å². The molecule has 1 unspecified atom stereocenters. The van der Waals surface area contributed by atoms with E-state index in [1.54, 1.807) is 0 Å². The van der Waals surface area contributed by atoms with Gasteiger partial charge in [-0.3, -0.25) is 0 Å². The summed E-state index contributed by atoms with van der Waals surface area (Å²) in [6.45, 7) is 0.625. The van der Waals surface area contributed by atoms with Crippen molar-refractivity contribution in [3.63, 3.8) is 0 Å². The Balaban J connectivity index is 2.58. The number of aliphatic carboxylic acids is 1. The second-order valence-corrected chi connectivity index (χ2v) is 2.36. The molecule has 0 aliphatic carbocycles. The van der Waals surface area contributed by atoms with Gasteiger partial charge in [-0.05, 0) is 0 Å². The van der Waals surface area contributed by atoms with Crippen LogP contribution in [0.1, 0.15) is 6.42 Å². The Labute approximate surface area is 58.9 Å². The van der Waals surface area contributed by atoms with Crippen LogP contribution >= 0.6 is 0 Å². The quantitative estimate of drug-likeness (QED) is 0.497. The molecule has 0 amide bonds. The molecule has 1 heterocycles. The molecule has 1 aliphatic heterocycles. The van der Waals surface area contributed by atoms with Crippen LogP contribution in [0.2, 0.25) is 5.82 Å². The molecule has 0 spiro atoms. The number of hydrogen-bond acceptors (Lipinski definition) is 3. The molecule has 1 saturated heterocycles. The Morgan fingerprint density at radius 2 is 2.40 bits per heavy atom. The summed E-state index contributed by atoms with van der Waals surface area (Å²) in [5.41, 5.74) is 0. The summed E-state index contributed by atoms with van der Waals surface area (Å²) < 4.78 is 10.2. The van der Waals surface area contributed by atoms with E-state index in [2.05, 4.69) is 5.32 Å². The van der Waals surface area contributed by atoms with Crippen molar-refractivity contribution in [3.05, 3.63) is 0 Å². The molecule has 10 heavy (non-hydrogen) atoms. The van der Waals surface area contributed by atoms with Crippen LogP contribution < -0.4 is 5.32 Å². The van der Waals surface area contributed by atoms with E-state index in [4.69, 9.17) is 5.11 Å². The predicted octanol–water partition coefficient (Wildman–Crippen LogP) is -0.729. The molecule has 4 nitrogen and oxygen atoms in total. The normalized spacial score (nSPS) is 31.6. The average molecular weight is 141 g/mol. The van der Waals surface area contributed by atoms with E-state index in [-0.39, 0.29) is 5.82 Å². The second-order valence-electron chi connectivity index (χ2n) is 2.36. The van der Waals surface area contributed by atoms with Gasteiger partial charge in [0.1, 0.15) is 0 Å². The Morgan fingerprint density at radius 3 is 2.80 bits per heavy atom. The number of nitrogens with one attached hydrogen (secondary N) is 1. The molecule has 2 atom stereocenters. The monoisotopic (exact) mass is 141 g/mol. The predicted molar refractivity (Wildman–Crippen MR) is 34.2 cm³/mol. The summed E-state index contributed by atoms with van der Waals surface area (Å²) in [4.78, 5) is 10.3. The summed E-state index contributed by atoms with van der Waals surface area (Å²) in [5, 5.41) is 11.2. The zero-order valence-corrected chi connectivity index (χ0v) is 5.41. The zero-order valence-electron chi connectivity index (χ0n) is 5.41. The fourth-order valence-electron chi connectivity index (χ4n) is 1.14. The minimum absolute atomic E-state index is 0.336. The van der Waals surface area contributed by atoms with E-state index in [0.717, 1.165) is 0 Å². The third-order valence-corrected chi connectivity index (χ3v) is 1.71. The topological polar surface area (TPSA) is 66.4 Å². The Hall–Kier alpha value is -0.705. The van der Waals surface area contributed by atoms with Gasteiger partial charge in [0.15, 0.2) is 0 Å². The van der Waals surface area contributed by atoms with Crippen molar-refractivity contribution in [2.45, 2.75) is 18.3 Å². The van der Waals surface area contributed by atoms with Crippen LogP contribution in [0.25, 0.3) is 0 Å². The Bertz CT molecular complexity index is 161. The maximum atomic E-state index is 10.3. The Kier molecular flexibility index (Phi) is 2.16. The third kappa shape index (κ3) is 1.24. The summed E-state index contributed by atoms with van der Waals surface area (Å²) >= 11 is 0. The van der Waals surface area contributed by atoms with Crippen molar-refractivity contribution in [3.8, 4) is 0 Å². The first-order valence-corrected chi connectivity index (χ1v) is 3.17.